The Bertz CT molecular complexity index is 351. The molecule has 0 bridgehead atoms. The normalized spacial score (nSPS) is 9.47. The third-order valence-electron chi connectivity index (χ3n) is 1.56. The summed E-state index contributed by atoms with van der Waals surface area (Å²) < 4.78 is 0. The van der Waals surface area contributed by atoms with E-state index in [0.717, 1.165) is 5.06 Å². The molecule has 1 N–H and O–H groups in total. The number of nitrogens with zero attached hydrogens (tertiary/aromatic N) is 1. The summed E-state index contributed by atoms with van der Waals surface area (Å²) in [7, 11) is 0. The SMILES string of the molecule is CC(=O)NON(C(C)=O)c1ccccc1. The quantitative estimate of drug-likeness (QED) is 0.754. The minimum absolute atomic E-state index is 0.324. The van der Waals surface area contributed by atoms with Gasteiger partial charge < -0.3 is 0 Å². The molecule has 80 valence electrons. The van der Waals surface area contributed by atoms with Gasteiger partial charge in [-0.3, -0.25) is 9.59 Å². The average Bonchev–Trinajstić information content (AvgIpc) is 2.18. The van der Waals surface area contributed by atoms with Crippen molar-refractivity contribution in [2.75, 3.05) is 5.06 Å². The predicted molar refractivity (Wildman–Crippen MR) is 54.5 cm³/mol. The number of nitrogens with one attached hydrogen (secondary N) is 1. The number of carbonyl (C=O) groups excluding carboxylic acids is 2. The number of rotatable bonds is 3. The van der Waals surface area contributed by atoms with Crippen LogP contribution in [0.1, 0.15) is 13.8 Å². The van der Waals surface area contributed by atoms with Crippen molar-refractivity contribution in [2.24, 2.45) is 0 Å². The number of para-hydroxylation sites is 1. The van der Waals surface area contributed by atoms with E-state index in [0.29, 0.717) is 5.69 Å². The van der Waals surface area contributed by atoms with Crippen molar-refractivity contribution in [3.8, 4) is 0 Å². The van der Waals surface area contributed by atoms with Crippen molar-refractivity contribution in [3.05, 3.63) is 30.3 Å². The smallest absolute Gasteiger partial charge is 0.249 e. The van der Waals surface area contributed by atoms with Crippen LogP contribution in [0.3, 0.4) is 0 Å². The largest absolute Gasteiger partial charge is 0.273 e. The maximum Gasteiger partial charge on any atom is 0.249 e. The van der Waals surface area contributed by atoms with Crippen molar-refractivity contribution in [2.45, 2.75) is 13.8 Å². The van der Waals surface area contributed by atoms with Crippen LogP contribution in [0.2, 0.25) is 0 Å². The van der Waals surface area contributed by atoms with Gasteiger partial charge >= 0.3 is 0 Å². The molecule has 2 amide bonds. The van der Waals surface area contributed by atoms with Crippen molar-refractivity contribution in [1.29, 1.82) is 0 Å². The molecule has 0 atom stereocenters. The monoisotopic (exact) mass is 208 g/mol. The van der Waals surface area contributed by atoms with E-state index in [-0.39, 0.29) is 11.8 Å². The van der Waals surface area contributed by atoms with Crippen LogP contribution in [0.5, 0.6) is 0 Å². The first kappa shape index (κ1) is 11.2. The number of hydrogen-bond acceptors (Lipinski definition) is 3. The third-order valence-corrected chi connectivity index (χ3v) is 1.56. The summed E-state index contributed by atoms with van der Waals surface area (Å²) in [5.41, 5.74) is 2.65. The Kier molecular flexibility index (Phi) is 3.82. The Labute approximate surface area is 87.5 Å². The van der Waals surface area contributed by atoms with Gasteiger partial charge in [-0.25, -0.2) is 5.48 Å². The zero-order valence-corrected chi connectivity index (χ0v) is 8.56. The zero-order chi connectivity index (χ0) is 11.3. The minimum Gasteiger partial charge on any atom is -0.273 e. The van der Waals surface area contributed by atoms with Crippen LogP contribution >= 0.6 is 0 Å². The third kappa shape index (κ3) is 3.40. The fourth-order valence-corrected chi connectivity index (χ4v) is 0.972. The zero-order valence-electron chi connectivity index (χ0n) is 8.56. The molecule has 1 aromatic rings. The Balaban J connectivity index is 2.75. The number of hydrogen-bond donors (Lipinski definition) is 1. The van der Waals surface area contributed by atoms with E-state index in [4.69, 9.17) is 4.94 Å². The Morgan fingerprint density at radius 1 is 1.20 bits per heavy atom. The number of amides is 2. The molecular weight excluding hydrogens is 196 g/mol. The van der Waals surface area contributed by atoms with Gasteiger partial charge in [-0.05, 0) is 12.1 Å². The number of anilines is 1. The second-order valence-corrected chi connectivity index (χ2v) is 2.90. The molecule has 15 heavy (non-hydrogen) atoms. The average molecular weight is 208 g/mol. The molecule has 0 radical (unpaired) electrons. The van der Waals surface area contributed by atoms with Crippen LogP contribution in [-0.2, 0) is 14.5 Å². The molecule has 0 spiro atoms. The predicted octanol–water partition coefficient (Wildman–Crippen LogP) is 1.02. The van der Waals surface area contributed by atoms with E-state index in [9.17, 15) is 9.59 Å². The number of carbonyl (C=O) groups is 2. The lowest BCUT2D eigenvalue weighted by Crippen LogP contribution is -2.37. The first-order chi connectivity index (χ1) is 7.11. The minimum atomic E-state index is -0.378. The second-order valence-electron chi connectivity index (χ2n) is 2.90. The van der Waals surface area contributed by atoms with E-state index < -0.39 is 0 Å². The van der Waals surface area contributed by atoms with Gasteiger partial charge in [0.15, 0.2) is 0 Å². The van der Waals surface area contributed by atoms with E-state index in [1.54, 1.807) is 24.3 Å². The van der Waals surface area contributed by atoms with Gasteiger partial charge in [0, 0.05) is 13.8 Å². The summed E-state index contributed by atoms with van der Waals surface area (Å²) in [6, 6.07) is 8.75. The second kappa shape index (κ2) is 5.11. The van der Waals surface area contributed by atoms with E-state index in [1.165, 1.54) is 13.8 Å². The van der Waals surface area contributed by atoms with Gasteiger partial charge in [-0.15, -0.1) is 4.94 Å². The Hall–Kier alpha value is -1.88. The molecule has 0 saturated heterocycles. The topological polar surface area (TPSA) is 58.6 Å². The van der Waals surface area contributed by atoms with Crippen LogP contribution < -0.4 is 10.5 Å². The van der Waals surface area contributed by atoms with Crippen LogP contribution in [-0.4, -0.2) is 11.8 Å². The van der Waals surface area contributed by atoms with Gasteiger partial charge in [0.1, 0.15) is 0 Å². The highest BCUT2D eigenvalue weighted by atomic mass is 16.8. The molecular formula is C10H12N2O3. The summed E-state index contributed by atoms with van der Waals surface area (Å²) in [4.78, 5) is 26.7. The molecule has 0 aliphatic rings. The molecule has 1 aromatic carbocycles. The lowest BCUT2D eigenvalue weighted by molar-refractivity contribution is -0.138. The molecule has 5 nitrogen and oxygen atoms in total. The summed E-state index contributed by atoms with van der Waals surface area (Å²) in [6.07, 6.45) is 0. The van der Waals surface area contributed by atoms with Crippen LogP contribution in [0.4, 0.5) is 5.69 Å². The van der Waals surface area contributed by atoms with Crippen LogP contribution in [0, 0.1) is 0 Å². The first-order valence-electron chi connectivity index (χ1n) is 4.40. The molecule has 0 unspecified atom stereocenters. The van der Waals surface area contributed by atoms with Gasteiger partial charge in [0.25, 0.3) is 0 Å². The van der Waals surface area contributed by atoms with E-state index in [2.05, 4.69) is 5.48 Å². The summed E-state index contributed by atoms with van der Waals surface area (Å²) in [6.45, 7) is 2.64. The molecule has 0 aliphatic heterocycles. The van der Waals surface area contributed by atoms with Crippen molar-refractivity contribution in [1.82, 2.24) is 5.48 Å². The van der Waals surface area contributed by atoms with Crippen LogP contribution in [0.25, 0.3) is 0 Å². The molecule has 0 fully saturated rings. The summed E-state index contributed by atoms with van der Waals surface area (Å²) in [5, 5.41) is 1.00. The molecule has 0 saturated carbocycles. The fraction of sp³-hybridized carbons (Fsp3) is 0.200. The maximum absolute atomic E-state index is 11.2. The van der Waals surface area contributed by atoms with Crippen molar-refractivity contribution >= 4 is 17.5 Å². The highest BCUT2D eigenvalue weighted by Crippen LogP contribution is 2.12. The summed E-state index contributed by atoms with van der Waals surface area (Å²) in [5.74, 6) is -0.702. The Morgan fingerprint density at radius 2 is 1.80 bits per heavy atom. The van der Waals surface area contributed by atoms with Gasteiger partial charge in [-0.2, -0.15) is 5.06 Å². The number of benzene rings is 1. The van der Waals surface area contributed by atoms with Crippen LogP contribution in [0.15, 0.2) is 30.3 Å². The van der Waals surface area contributed by atoms with Crippen molar-refractivity contribution in [3.63, 3.8) is 0 Å². The molecule has 0 aliphatic carbocycles. The Morgan fingerprint density at radius 3 is 2.27 bits per heavy atom. The number of hydroxylamine groups is 2. The summed E-state index contributed by atoms with van der Waals surface area (Å²) >= 11 is 0. The maximum atomic E-state index is 11.2. The van der Waals surface area contributed by atoms with Crippen molar-refractivity contribution < 1.29 is 14.5 Å². The highest BCUT2D eigenvalue weighted by Gasteiger charge is 2.12. The molecule has 5 heteroatoms. The first-order valence-corrected chi connectivity index (χ1v) is 4.40. The molecule has 1 rings (SSSR count). The highest BCUT2D eigenvalue weighted by molar-refractivity contribution is 5.89. The molecule has 0 heterocycles. The van der Waals surface area contributed by atoms with E-state index in [1.807, 2.05) is 6.07 Å². The van der Waals surface area contributed by atoms with Gasteiger partial charge in [0.2, 0.25) is 11.8 Å². The van der Waals surface area contributed by atoms with Gasteiger partial charge in [-0.1, -0.05) is 18.2 Å². The standard InChI is InChI=1S/C10H12N2O3/c1-8(13)11-15-12(9(2)14)10-6-4-3-5-7-10/h3-7H,1-2H3,(H,11,13). The van der Waals surface area contributed by atoms with E-state index >= 15 is 0 Å². The van der Waals surface area contributed by atoms with Gasteiger partial charge in [0.05, 0.1) is 5.69 Å². The molecule has 0 aromatic heterocycles. The fourth-order valence-electron chi connectivity index (χ4n) is 0.972. The lowest BCUT2D eigenvalue weighted by atomic mass is 10.3. The lowest BCUT2D eigenvalue weighted by Gasteiger charge is -2.18.